The quantitative estimate of drug-likeness (QED) is 0.641. The maximum absolute atomic E-state index is 12.5. The van der Waals surface area contributed by atoms with Gasteiger partial charge in [-0.15, -0.1) is 0 Å². The number of para-hydroxylation sites is 2. The van der Waals surface area contributed by atoms with Gasteiger partial charge in [-0.3, -0.25) is 4.79 Å². The van der Waals surface area contributed by atoms with Crippen molar-refractivity contribution in [2.45, 2.75) is 52.3 Å². The number of ether oxygens (including phenoxy) is 2. The predicted octanol–water partition coefficient (Wildman–Crippen LogP) is 4.09. The Balaban J connectivity index is 1.50. The van der Waals surface area contributed by atoms with Gasteiger partial charge in [-0.05, 0) is 69.0 Å². The molecular weight excluding hydrogens is 378 g/mol. The molecular formula is C24H29N3O3. The summed E-state index contributed by atoms with van der Waals surface area (Å²) in [4.78, 5) is 17.3. The van der Waals surface area contributed by atoms with E-state index in [0.717, 1.165) is 35.4 Å². The molecule has 2 aromatic carbocycles. The minimum Gasteiger partial charge on any atom is -0.492 e. The van der Waals surface area contributed by atoms with Crippen molar-refractivity contribution in [2.24, 2.45) is 0 Å². The number of amides is 1. The topological polar surface area (TPSA) is 65.4 Å². The van der Waals surface area contributed by atoms with Crippen LogP contribution >= 0.6 is 0 Å². The number of benzene rings is 2. The van der Waals surface area contributed by atoms with Crippen LogP contribution in [0.15, 0.2) is 42.5 Å². The summed E-state index contributed by atoms with van der Waals surface area (Å²) in [5.41, 5.74) is 4.42. The molecule has 2 heterocycles. The molecule has 2 atom stereocenters. The van der Waals surface area contributed by atoms with E-state index in [1.165, 1.54) is 11.1 Å². The van der Waals surface area contributed by atoms with Gasteiger partial charge in [-0.25, -0.2) is 4.98 Å². The summed E-state index contributed by atoms with van der Waals surface area (Å²) in [7, 11) is 0. The van der Waals surface area contributed by atoms with Gasteiger partial charge in [0.1, 0.15) is 24.3 Å². The van der Waals surface area contributed by atoms with Crippen molar-refractivity contribution in [3.05, 3.63) is 59.4 Å². The Morgan fingerprint density at radius 3 is 2.87 bits per heavy atom. The van der Waals surface area contributed by atoms with Crippen molar-refractivity contribution in [3.8, 4) is 5.75 Å². The monoisotopic (exact) mass is 407 g/mol. The molecule has 1 aliphatic heterocycles. The molecule has 0 aliphatic carbocycles. The second kappa shape index (κ2) is 8.88. The average molecular weight is 408 g/mol. The number of aryl methyl sites for hydroxylation is 2. The zero-order valence-electron chi connectivity index (χ0n) is 17.9. The van der Waals surface area contributed by atoms with Crippen LogP contribution in [0, 0.1) is 13.8 Å². The van der Waals surface area contributed by atoms with Gasteiger partial charge in [-0.2, -0.15) is 0 Å². The molecule has 6 heteroatoms. The van der Waals surface area contributed by atoms with Crippen LogP contribution in [0.5, 0.6) is 5.75 Å². The minimum absolute atomic E-state index is 0.0648. The Morgan fingerprint density at radius 1 is 1.27 bits per heavy atom. The fraction of sp³-hybridized carbons (Fsp3) is 0.417. The molecule has 0 spiro atoms. The second-order valence-corrected chi connectivity index (χ2v) is 7.94. The molecule has 1 N–H and O–H groups in total. The largest absolute Gasteiger partial charge is 0.492 e. The molecule has 0 saturated carbocycles. The van der Waals surface area contributed by atoms with E-state index in [9.17, 15) is 4.79 Å². The van der Waals surface area contributed by atoms with Crippen molar-refractivity contribution >= 4 is 16.9 Å². The number of rotatable bonds is 7. The fourth-order valence-electron chi connectivity index (χ4n) is 3.87. The molecule has 1 amide bonds. The van der Waals surface area contributed by atoms with Crippen LogP contribution in [0.1, 0.15) is 42.8 Å². The Kier molecular flexibility index (Phi) is 6.04. The molecule has 4 rings (SSSR count). The van der Waals surface area contributed by atoms with Crippen LogP contribution in [-0.4, -0.2) is 34.8 Å². The lowest BCUT2D eigenvalue weighted by Crippen LogP contribution is -2.36. The van der Waals surface area contributed by atoms with Crippen LogP contribution < -0.4 is 10.1 Å². The molecule has 1 aliphatic rings. The highest BCUT2D eigenvalue weighted by Gasteiger charge is 2.26. The maximum Gasteiger partial charge on any atom is 0.249 e. The first kappa shape index (κ1) is 20.4. The van der Waals surface area contributed by atoms with E-state index in [0.29, 0.717) is 19.8 Å². The first-order chi connectivity index (χ1) is 14.5. The van der Waals surface area contributed by atoms with Gasteiger partial charge in [-0.1, -0.05) is 18.2 Å². The summed E-state index contributed by atoms with van der Waals surface area (Å²) in [6.45, 7) is 7.96. The Labute approximate surface area is 177 Å². The van der Waals surface area contributed by atoms with E-state index in [1.807, 2.05) is 31.2 Å². The summed E-state index contributed by atoms with van der Waals surface area (Å²) in [6, 6.07) is 13.9. The van der Waals surface area contributed by atoms with Crippen molar-refractivity contribution in [1.82, 2.24) is 14.9 Å². The number of nitrogens with one attached hydrogen (secondary N) is 1. The fourth-order valence-corrected chi connectivity index (χ4v) is 3.87. The molecule has 0 radical (unpaired) electrons. The van der Waals surface area contributed by atoms with E-state index in [2.05, 4.69) is 41.9 Å². The summed E-state index contributed by atoms with van der Waals surface area (Å²) < 4.78 is 13.7. The summed E-state index contributed by atoms with van der Waals surface area (Å²) in [6.07, 6.45) is 1.36. The molecule has 30 heavy (non-hydrogen) atoms. The van der Waals surface area contributed by atoms with Crippen LogP contribution in [0.3, 0.4) is 0 Å². The number of imidazole rings is 1. The third kappa shape index (κ3) is 4.33. The first-order valence-electron chi connectivity index (χ1n) is 10.6. The molecule has 158 valence electrons. The number of hydrogen-bond acceptors (Lipinski definition) is 4. The number of hydrogen-bond donors (Lipinski definition) is 1. The van der Waals surface area contributed by atoms with Crippen molar-refractivity contribution in [3.63, 3.8) is 0 Å². The maximum atomic E-state index is 12.5. The minimum atomic E-state index is -0.349. The van der Waals surface area contributed by atoms with Crippen LogP contribution in [0.4, 0.5) is 0 Å². The van der Waals surface area contributed by atoms with Gasteiger partial charge >= 0.3 is 0 Å². The highest BCUT2D eigenvalue weighted by Crippen LogP contribution is 2.22. The first-order valence-corrected chi connectivity index (χ1v) is 10.6. The zero-order chi connectivity index (χ0) is 21.1. The van der Waals surface area contributed by atoms with Crippen molar-refractivity contribution in [1.29, 1.82) is 0 Å². The third-order valence-electron chi connectivity index (χ3n) is 5.71. The van der Waals surface area contributed by atoms with Crippen molar-refractivity contribution in [2.75, 3.05) is 13.2 Å². The van der Waals surface area contributed by atoms with Gasteiger partial charge in [0, 0.05) is 6.61 Å². The van der Waals surface area contributed by atoms with Crippen LogP contribution in [0.25, 0.3) is 11.0 Å². The third-order valence-corrected chi connectivity index (χ3v) is 5.71. The molecule has 2 unspecified atom stereocenters. The van der Waals surface area contributed by atoms with E-state index in [1.54, 1.807) is 0 Å². The standard InChI is InChI=1S/C24H29N3O3/c1-16-10-11-19(15-17(16)2)29-14-12-27-21-8-5-4-7-20(21)26-23(27)18(3)25-24(28)22-9-6-13-30-22/h4-5,7-8,10-11,15,18,22H,6,9,12-14H2,1-3H3,(H,25,28). The van der Waals surface area contributed by atoms with E-state index < -0.39 is 0 Å². The normalized spacial score (nSPS) is 17.2. The molecule has 1 aromatic heterocycles. The van der Waals surface area contributed by atoms with Gasteiger partial charge in [0.05, 0.1) is 23.6 Å². The van der Waals surface area contributed by atoms with E-state index in [4.69, 9.17) is 14.5 Å². The molecule has 0 bridgehead atoms. The molecule has 3 aromatic rings. The molecule has 1 fully saturated rings. The van der Waals surface area contributed by atoms with E-state index >= 15 is 0 Å². The van der Waals surface area contributed by atoms with Gasteiger partial charge in [0.2, 0.25) is 5.91 Å². The summed E-state index contributed by atoms with van der Waals surface area (Å²) >= 11 is 0. The lowest BCUT2D eigenvalue weighted by atomic mass is 10.1. The number of carbonyl (C=O) groups excluding carboxylic acids is 1. The number of aromatic nitrogens is 2. The SMILES string of the molecule is Cc1ccc(OCCn2c(C(C)NC(=O)C3CCCO3)nc3ccccc32)cc1C. The summed E-state index contributed by atoms with van der Waals surface area (Å²) in [5.74, 6) is 1.63. The second-order valence-electron chi connectivity index (χ2n) is 7.94. The zero-order valence-corrected chi connectivity index (χ0v) is 17.9. The summed E-state index contributed by atoms with van der Waals surface area (Å²) in [5, 5.41) is 3.07. The molecule has 1 saturated heterocycles. The lowest BCUT2D eigenvalue weighted by molar-refractivity contribution is -0.130. The van der Waals surface area contributed by atoms with Crippen LogP contribution in [0.2, 0.25) is 0 Å². The Bertz CT molecular complexity index is 1040. The Morgan fingerprint density at radius 2 is 2.10 bits per heavy atom. The van der Waals surface area contributed by atoms with Gasteiger partial charge in [0.25, 0.3) is 0 Å². The lowest BCUT2D eigenvalue weighted by Gasteiger charge is -2.18. The number of fused-ring (bicyclic) bond motifs is 1. The average Bonchev–Trinajstić information content (AvgIpc) is 3.39. The van der Waals surface area contributed by atoms with Gasteiger partial charge in [0.15, 0.2) is 0 Å². The smallest absolute Gasteiger partial charge is 0.249 e. The number of nitrogens with zero attached hydrogens (tertiary/aromatic N) is 2. The van der Waals surface area contributed by atoms with Gasteiger partial charge < -0.3 is 19.4 Å². The predicted molar refractivity (Wildman–Crippen MR) is 117 cm³/mol. The Hall–Kier alpha value is -2.86. The highest BCUT2D eigenvalue weighted by atomic mass is 16.5. The molecule has 6 nitrogen and oxygen atoms in total. The van der Waals surface area contributed by atoms with E-state index in [-0.39, 0.29) is 18.1 Å². The highest BCUT2D eigenvalue weighted by molar-refractivity contribution is 5.81. The number of carbonyl (C=O) groups is 1. The van der Waals surface area contributed by atoms with Crippen molar-refractivity contribution < 1.29 is 14.3 Å². The van der Waals surface area contributed by atoms with Crippen LogP contribution in [-0.2, 0) is 16.1 Å².